The number of para-hydroxylation sites is 1. The molecule has 4 nitrogen and oxygen atoms in total. The molecule has 0 aliphatic rings. The van der Waals surface area contributed by atoms with Crippen LogP contribution in [0.15, 0.2) is 170 Å². The van der Waals surface area contributed by atoms with Crippen molar-refractivity contribution in [2.45, 2.75) is 0 Å². The molecule has 0 saturated carbocycles. The van der Waals surface area contributed by atoms with Gasteiger partial charge in [-0.2, -0.15) is 0 Å². The van der Waals surface area contributed by atoms with E-state index in [1.807, 2.05) is 42.6 Å². The third-order valence-corrected chi connectivity index (χ3v) is 8.94. The number of benzene rings is 6. The monoisotopic (exact) mass is 612 g/mol. The molecule has 224 valence electrons. The van der Waals surface area contributed by atoms with Gasteiger partial charge < -0.3 is 0 Å². The maximum absolute atomic E-state index is 5.13. The van der Waals surface area contributed by atoms with Crippen LogP contribution in [0, 0.1) is 0 Å². The number of hydrogen-bond donors (Lipinski definition) is 0. The molecule has 0 aliphatic carbocycles. The van der Waals surface area contributed by atoms with Gasteiger partial charge in [0.15, 0.2) is 5.82 Å². The van der Waals surface area contributed by atoms with Crippen molar-refractivity contribution in [3.05, 3.63) is 170 Å². The second-order valence-electron chi connectivity index (χ2n) is 11.9. The van der Waals surface area contributed by atoms with Gasteiger partial charge in [-0.05, 0) is 46.2 Å². The van der Waals surface area contributed by atoms with Crippen molar-refractivity contribution in [2.75, 3.05) is 0 Å². The molecule has 0 spiro atoms. The minimum Gasteiger partial charge on any atom is -0.254 e. The van der Waals surface area contributed by atoms with E-state index >= 15 is 0 Å². The van der Waals surface area contributed by atoms with Crippen LogP contribution in [0.3, 0.4) is 0 Å². The zero-order valence-corrected chi connectivity index (χ0v) is 26.0. The summed E-state index contributed by atoms with van der Waals surface area (Å²) in [5.74, 6) is 0.670. The Balaban J connectivity index is 1.15. The fraction of sp³-hybridized carbons (Fsp3) is 0. The van der Waals surface area contributed by atoms with Gasteiger partial charge in [0.2, 0.25) is 0 Å². The maximum atomic E-state index is 5.13. The SMILES string of the molecule is c1ccc(-c2ccc(-c3nc(-c4ccccc4)cc(-c4ccc(-c5nc6ccccc6c6c5ccc5ccccc56)nc4)n3)cc2)cc1. The van der Waals surface area contributed by atoms with Crippen LogP contribution in [0.25, 0.3) is 88.9 Å². The van der Waals surface area contributed by atoms with Gasteiger partial charge in [-0.15, -0.1) is 0 Å². The Hall–Kier alpha value is -6.52. The average molecular weight is 613 g/mol. The Morgan fingerprint density at radius 2 is 0.958 bits per heavy atom. The highest BCUT2D eigenvalue weighted by atomic mass is 14.9. The Kier molecular flexibility index (Phi) is 6.76. The molecular weight excluding hydrogens is 585 g/mol. The number of pyridine rings is 2. The van der Waals surface area contributed by atoms with Gasteiger partial charge in [-0.1, -0.05) is 140 Å². The van der Waals surface area contributed by atoms with Crippen molar-refractivity contribution >= 4 is 32.4 Å². The smallest absolute Gasteiger partial charge is 0.160 e. The molecule has 0 atom stereocenters. The zero-order valence-electron chi connectivity index (χ0n) is 26.0. The molecule has 6 aromatic carbocycles. The Labute approximate surface area is 278 Å². The van der Waals surface area contributed by atoms with E-state index in [2.05, 4.69) is 127 Å². The summed E-state index contributed by atoms with van der Waals surface area (Å²) in [6.45, 7) is 0. The molecule has 0 bridgehead atoms. The fourth-order valence-corrected chi connectivity index (χ4v) is 6.53. The second-order valence-corrected chi connectivity index (χ2v) is 11.9. The molecule has 4 heteroatoms. The quantitative estimate of drug-likeness (QED) is 0.181. The summed E-state index contributed by atoms with van der Waals surface area (Å²) in [5.41, 5.74) is 9.55. The van der Waals surface area contributed by atoms with E-state index < -0.39 is 0 Å². The van der Waals surface area contributed by atoms with Crippen LogP contribution in [-0.2, 0) is 0 Å². The van der Waals surface area contributed by atoms with E-state index in [9.17, 15) is 0 Å². The van der Waals surface area contributed by atoms with Crippen LogP contribution in [-0.4, -0.2) is 19.9 Å². The average Bonchev–Trinajstić information content (AvgIpc) is 3.18. The highest BCUT2D eigenvalue weighted by Crippen LogP contribution is 2.37. The van der Waals surface area contributed by atoms with Crippen LogP contribution in [0.4, 0.5) is 0 Å². The van der Waals surface area contributed by atoms with Crippen molar-refractivity contribution in [2.24, 2.45) is 0 Å². The van der Waals surface area contributed by atoms with Gasteiger partial charge in [0, 0.05) is 39.0 Å². The van der Waals surface area contributed by atoms with E-state index in [0.29, 0.717) is 5.82 Å². The Morgan fingerprint density at radius 1 is 0.354 bits per heavy atom. The van der Waals surface area contributed by atoms with E-state index in [-0.39, 0.29) is 0 Å². The molecule has 0 saturated heterocycles. The lowest BCUT2D eigenvalue weighted by atomic mass is 9.96. The number of hydrogen-bond acceptors (Lipinski definition) is 4. The molecule has 0 fully saturated rings. The van der Waals surface area contributed by atoms with Gasteiger partial charge in [0.05, 0.1) is 28.3 Å². The number of aromatic nitrogens is 4. The summed E-state index contributed by atoms with van der Waals surface area (Å²) in [6.07, 6.45) is 1.90. The van der Waals surface area contributed by atoms with Gasteiger partial charge in [-0.25, -0.2) is 15.0 Å². The first-order chi connectivity index (χ1) is 23.8. The third-order valence-electron chi connectivity index (χ3n) is 8.94. The maximum Gasteiger partial charge on any atom is 0.160 e. The lowest BCUT2D eigenvalue weighted by Crippen LogP contribution is -1.97. The van der Waals surface area contributed by atoms with Crippen molar-refractivity contribution in [1.29, 1.82) is 0 Å². The van der Waals surface area contributed by atoms with Crippen LogP contribution in [0.5, 0.6) is 0 Å². The highest BCUT2D eigenvalue weighted by molar-refractivity contribution is 6.22. The number of fused-ring (bicyclic) bond motifs is 5. The number of nitrogens with zero attached hydrogens (tertiary/aromatic N) is 4. The van der Waals surface area contributed by atoms with Crippen molar-refractivity contribution in [3.63, 3.8) is 0 Å². The molecule has 9 rings (SSSR count). The molecule has 0 aliphatic heterocycles. The van der Waals surface area contributed by atoms with Crippen molar-refractivity contribution in [1.82, 2.24) is 19.9 Å². The highest BCUT2D eigenvalue weighted by Gasteiger charge is 2.15. The van der Waals surface area contributed by atoms with Gasteiger partial charge in [0.25, 0.3) is 0 Å². The normalized spacial score (nSPS) is 11.3. The standard InChI is InChI=1S/C44H28N4/c1-3-11-29(12-4-1)30-19-21-33(22-20-30)44-47-40(32-14-5-2-6-15-32)27-41(48-44)34-24-26-39(45-28-34)43-37-25-23-31-13-7-8-16-35(31)42(37)36-17-9-10-18-38(36)46-43/h1-28H. The molecule has 0 N–H and O–H groups in total. The molecule has 3 heterocycles. The summed E-state index contributed by atoms with van der Waals surface area (Å²) < 4.78 is 0. The van der Waals surface area contributed by atoms with E-state index in [4.69, 9.17) is 19.9 Å². The predicted molar refractivity (Wildman–Crippen MR) is 197 cm³/mol. The summed E-state index contributed by atoms with van der Waals surface area (Å²) in [6, 6.07) is 56.5. The summed E-state index contributed by atoms with van der Waals surface area (Å²) in [5, 5.41) is 5.85. The molecule has 3 aromatic heterocycles. The predicted octanol–water partition coefficient (Wildman–Crippen LogP) is 11.1. The van der Waals surface area contributed by atoms with E-state index in [0.717, 1.165) is 61.3 Å². The zero-order chi connectivity index (χ0) is 31.9. The first-order valence-corrected chi connectivity index (χ1v) is 16.1. The molecule has 48 heavy (non-hydrogen) atoms. The largest absolute Gasteiger partial charge is 0.254 e. The number of rotatable bonds is 5. The lowest BCUT2D eigenvalue weighted by Gasteiger charge is -2.13. The molecule has 9 aromatic rings. The van der Waals surface area contributed by atoms with Gasteiger partial charge in [0.1, 0.15) is 0 Å². The Morgan fingerprint density at radius 3 is 1.71 bits per heavy atom. The minimum absolute atomic E-state index is 0.670. The fourth-order valence-electron chi connectivity index (χ4n) is 6.53. The van der Waals surface area contributed by atoms with Crippen LogP contribution >= 0.6 is 0 Å². The molecule has 0 unspecified atom stereocenters. The third kappa shape index (κ3) is 4.97. The van der Waals surface area contributed by atoms with E-state index in [1.54, 1.807) is 0 Å². The van der Waals surface area contributed by atoms with E-state index in [1.165, 1.54) is 21.7 Å². The minimum atomic E-state index is 0.670. The lowest BCUT2D eigenvalue weighted by molar-refractivity contribution is 1.18. The van der Waals surface area contributed by atoms with Gasteiger partial charge in [-0.3, -0.25) is 4.98 Å². The summed E-state index contributed by atoms with van der Waals surface area (Å²) >= 11 is 0. The van der Waals surface area contributed by atoms with Crippen molar-refractivity contribution in [3.8, 4) is 56.4 Å². The Bertz CT molecular complexity index is 2560. The summed E-state index contributed by atoms with van der Waals surface area (Å²) in [4.78, 5) is 20.2. The van der Waals surface area contributed by atoms with Gasteiger partial charge >= 0.3 is 0 Å². The van der Waals surface area contributed by atoms with Crippen molar-refractivity contribution < 1.29 is 0 Å². The molecule has 0 amide bonds. The second kappa shape index (κ2) is 11.7. The van der Waals surface area contributed by atoms with Crippen LogP contribution in [0.1, 0.15) is 0 Å². The molecular formula is C44H28N4. The van der Waals surface area contributed by atoms with Crippen LogP contribution < -0.4 is 0 Å². The summed E-state index contributed by atoms with van der Waals surface area (Å²) in [7, 11) is 0. The first-order valence-electron chi connectivity index (χ1n) is 16.1. The van der Waals surface area contributed by atoms with Crippen LogP contribution in [0.2, 0.25) is 0 Å². The first kappa shape index (κ1) is 27.8. The topological polar surface area (TPSA) is 51.6 Å². The molecule has 0 radical (unpaired) electrons.